The lowest BCUT2D eigenvalue weighted by atomic mass is 10.0. The van der Waals surface area contributed by atoms with Crippen LogP contribution in [0.1, 0.15) is 34.6 Å². The number of rotatable bonds is 7. The predicted octanol–water partition coefficient (Wildman–Crippen LogP) is 6.84. The van der Waals surface area contributed by atoms with Gasteiger partial charge in [-0.05, 0) is 36.0 Å². The SMILES string of the molecule is C=C(F)/C(=C\C(=C)C(C)C)OC.C=C(F)/C(C)=C\C(=C)C(C)C. The molecule has 0 fully saturated rings. The van der Waals surface area contributed by atoms with Crippen molar-refractivity contribution in [2.45, 2.75) is 34.6 Å². The Balaban J connectivity index is 0. The molecule has 0 unspecified atom stereocenters. The van der Waals surface area contributed by atoms with Crippen molar-refractivity contribution < 1.29 is 13.5 Å². The highest BCUT2D eigenvalue weighted by atomic mass is 19.1. The van der Waals surface area contributed by atoms with Crippen molar-refractivity contribution in [2.24, 2.45) is 11.8 Å². The second kappa shape index (κ2) is 11.6. The van der Waals surface area contributed by atoms with Gasteiger partial charge in [0.2, 0.25) is 0 Å². The van der Waals surface area contributed by atoms with E-state index in [1.165, 1.54) is 7.11 Å². The Morgan fingerprint density at radius 2 is 1.22 bits per heavy atom. The molecule has 0 atom stereocenters. The maximum atomic E-state index is 12.6. The number of ether oxygens (including phenoxy) is 1. The normalized spacial score (nSPS) is 11.7. The summed E-state index contributed by atoms with van der Waals surface area (Å²) in [6.07, 6.45) is 3.29. The molecule has 0 aliphatic rings. The van der Waals surface area contributed by atoms with E-state index in [-0.39, 0.29) is 17.5 Å². The van der Waals surface area contributed by atoms with Crippen molar-refractivity contribution in [1.82, 2.24) is 0 Å². The van der Waals surface area contributed by atoms with Gasteiger partial charge < -0.3 is 4.74 Å². The first-order valence-corrected chi connectivity index (χ1v) is 7.45. The van der Waals surface area contributed by atoms with Gasteiger partial charge in [-0.1, -0.05) is 65.7 Å². The van der Waals surface area contributed by atoms with Crippen LogP contribution in [0.15, 0.2) is 72.6 Å². The van der Waals surface area contributed by atoms with Crippen LogP contribution in [0.4, 0.5) is 8.78 Å². The van der Waals surface area contributed by atoms with E-state index in [9.17, 15) is 8.78 Å². The highest BCUT2D eigenvalue weighted by Gasteiger charge is 2.03. The summed E-state index contributed by atoms with van der Waals surface area (Å²) in [6.45, 7) is 23.6. The Bertz CT molecular complexity index is 506. The number of hydrogen-bond acceptors (Lipinski definition) is 1. The topological polar surface area (TPSA) is 9.23 Å². The minimum absolute atomic E-state index is 0.147. The Hall–Kier alpha value is -1.90. The largest absolute Gasteiger partial charge is 0.494 e. The summed E-state index contributed by atoms with van der Waals surface area (Å²) in [6, 6.07) is 0. The third-order valence-corrected chi connectivity index (χ3v) is 3.12. The predicted molar refractivity (Wildman–Crippen MR) is 97.3 cm³/mol. The summed E-state index contributed by atoms with van der Waals surface area (Å²) in [5.74, 6) is -0.154. The molecule has 0 aromatic heterocycles. The van der Waals surface area contributed by atoms with Gasteiger partial charge in [0.05, 0.1) is 7.11 Å². The first kappa shape index (κ1) is 23.4. The molecular formula is C20H30F2O. The number of hydrogen-bond donors (Lipinski definition) is 0. The average Bonchev–Trinajstić information content (AvgIpc) is 2.44. The molecule has 0 amide bonds. The van der Waals surface area contributed by atoms with Crippen LogP contribution < -0.4 is 0 Å². The molecule has 0 radical (unpaired) electrons. The summed E-state index contributed by atoms with van der Waals surface area (Å²) in [4.78, 5) is 0. The van der Waals surface area contributed by atoms with Crippen LogP contribution in [0.5, 0.6) is 0 Å². The van der Waals surface area contributed by atoms with Gasteiger partial charge >= 0.3 is 0 Å². The highest BCUT2D eigenvalue weighted by molar-refractivity contribution is 5.30. The monoisotopic (exact) mass is 324 g/mol. The van der Waals surface area contributed by atoms with Gasteiger partial charge in [-0.25, -0.2) is 8.78 Å². The second-order valence-corrected chi connectivity index (χ2v) is 5.81. The Labute approximate surface area is 140 Å². The van der Waals surface area contributed by atoms with Crippen LogP contribution in [0, 0.1) is 11.8 Å². The van der Waals surface area contributed by atoms with Gasteiger partial charge in [0.15, 0.2) is 11.6 Å². The van der Waals surface area contributed by atoms with Crippen LogP contribution in [0.25, 0.3) is 0 Å². The lowest BCUT2D eigenvalue weighted by Crippen LogP contribution is -1.93. The first-order valence-electron chi connectivity index (χ1n) is 7.45. The quantitative estimate of drug-likeness (QED) is 0.368. The third kappa shape index (κ3) is 11.3. The fraction of sp³-hybridized carbons (Fsp3) is 0.400. The van der Waals surface area contributed by atoms with Gasteiger partial charge in [0.25, 0.3) is 0 Å². The molecule has 0 rings (SSSR count). The van der Waals surface area contributed by atoms with E-state index in [1.807, 2.05) is 27.7 Å². The van der Waals surface area contributed by atoms with E-state index in [0.29, 0.717) is 11.5 Å². The molecule has 0 bridgehead atoms. The number of allylic oxidation sites excluding steroid dienone is 7. The number of methoxy groups -OCH3 is 1. The highest BCUT2D eigenvalue weighted by Crippen LogP contribution is 2.16. The van der Waals surface area contributed by atoms with Gasteiger partial charge in [0, 0.05) is 0 Å². The van der Waals surface area contributed by atoms with Crippen molar-refractivity contribution in [3.8, 4) is 0 Å². The minimum atomic E-state index is -0.570. The first-order chi connectivity index (χ1) is 10.4. The minimum Gasteiger partial charge on any atom is -0.494 e. The van der Waals surface area contributed by atoms with Crippen molar-refractivity contribution in [2.75, 3.05) is 7.11 Å². The molecule has 0 saturated heterocycles. The zero-order valence-electron chi connectivity index (χ0n) is 15.3. The smallest absolute Gasteiger partial charge is 0.157 e. The summed E-state index contributed by atoms with van der Waals surface area (Å²) >= 11 is 0. The molecule has 0 aromatic rings. The third-order valence-electron chi connectivity index (χ3n) is 3.12. The van der Waals surface area contributed by atoms with E-state index in [0.717, 1.165) is 11.1 Å². The zero-order valence-corrected chi connectivity index (χ0v) is 15.3. The fourth-order valence-corrected chi connectivity index (χ4v) is 1.11. The van der Waals surface area contributed by atoms with E-state index >= 15 is 0 Å². The molecular weight excluding hydrogens is 294 g/mol. The van der Waals surface area contributed by atoms with E-state index in [4.69, 9.17) is 4.74 Å². The van der Waals surface area contributed by atoms with Crippen molar-refractivity contribution in [1.29, 1.82) is 0 Å². The van der Waals surface area contributed by atoms with Gasteiger partial charge in [0.1, 0.15) is 5.83 Å². The molecule has 1 nitrogen and oxygen atoms in total. The number of halogens is 2. The molecule has 0 saturated carbocycles. The summed E-state index contributed by atoms with van der Waals surface area (Å²) < 4.78 is 29.7. The molecule has 0 N–H and O–H groups in total. The Kier molecular flexibility index (Phi) is 11.8. The van der Waals surface area contributed by atoms with Crippen molar-refractivity contribution >= 4 is 0 Å². The van der Waals surface area contributed by atoms with Crippen molar-refractivity contribution in [3.63, 3.8) is 0 Å². The standard InChI is InChI=1S/C10H15FO.C10H15F/c1-7(2)8(3)6-10(12-5)9(4)11;1-7(2)8(3)6-9(4)10(5)11/h6-7H,3-4H2,1-2,5H3;6-7H,3,5H2,1-2,4H3/b10-6+;9-6-. The maximum absolute atomic E-state index is 12.6. The molecule has 0 heterocycles. The molecule has 0 aromatic carbocycles. The van der Waals surface area contributed by atoms with Crippen LogP contribution in [-0.2, 0) is 4.74 Å². The van der Waals surface area contributed by atoms with Gasteiger partial charge in [-0.3, -0.25) is 0 Å². The molecule has 3 heteroatoms. The van der Waals surface area contributed by atoms with Gasteiger partial charge in [-0.15, -0.1) is 0 Å². The maximum Gasteiger partial charge on any atom is 0.157 e. The van der Waals surface area contributed by atoms with E-state index in [2.05, 4.69) is 26.3 Å². The van der Waals surface area contributed by atoms with Crippen LogP contribution in [0.3, 0.4) is 0 Å². The van der Waals surface area contributed by atoms with Crippen LogP contribution in [0.2, 0.25) is 0 Å². The summed E-state index contributed by atoms with van der Waals surface area (Å²) in [5, 5.41) is 0. The van der Waals surface area contributed by atoms with Gasteiger partial charge in [-0.2, -0.15) is 0 Å². The molecule has 130 valence electrons. The summed E-state index contributed by atoms with van der Waals surface area (Å²) in [7, 11) is 1.41. The summed E-state index contributed by atoms with van der Waals surface area (Å²) in [5.41, 5.74) is 2.32. The lowest BCUT2D eigenvalue weighted by molar-refractivity contribution is 0.283. The average molecular weight is 324 g/mol. The van der Waals surface area contributed by atoms with Crippen LogP contribution in [-0.4, -0.2) is 7.11 Å². The fourth-order valence-electron chi connectivity index (χ4n) is 1.11. The van der Waals surface area contributed by atoms with E-state index in [1.54, 1.807) is 19.1 Å². The molecule has 0 aliphatic carbocycles. The lowest BCUT2D eigenvalue weighted by Gasteiger charge is -2.06. The Morgan fingerprint density at radius 3 is 1.48 bits per heavy atom. The van der Waals surface area contributed by atoms with Crippen molar-refractivity contribution in [3.05, 3.63) is 72.6 Å². The van der Waals surface area contributed by atoms with Crippen LogP contribution >= 0.6 is 0 Å². The molecule has 0 aliphatic heterocycles. The zero-order chi connectivity index (χ0) is 18.7. The Morgan fingerprint density at radius 1 is 0.826 bits per heavy atom. The molecule has 23 heavy (non-hydrogen) atoms. The molecule has 0 spiro atoms. The second-order valence-electron chi connectivity index (χ2n) is 5.81. The van der Waals surface area contributed by atoms with E-state index < -0.39 is 5.83 Å².